The van der Waals surface area contributed by atoms with Crippen molar-refractivity contribution in [1.82, 2.24) is 0 Å². The lowest BCUT2D eigenvalue weighted by molar-refractivity contribution is -0.140. The highest BCUT2D eigenvalue weighted by Gasteiger charge is 2.34. The van der Waals surface area contributed by atoms with Crippen molar-refractivity contribution in [2.45, 2.75) is 58.0 Å². The molecule has 0 heterocycles. The summed E-state index contributed by atoms with van der Waals surface area (Å²) < 4.78 is 55.8. The van der Waals surface area contributed by atoms with E-state index in [1.165, 1.54) is 19.3 Å². The van der Waals surface area contributed by atoms with E-state index in [1.54, 1.807) is 0 Å². The fourth-order valence-electron chi connectivity index (χ4n) is 3.22. The van der Waals surface area contributed by atoms with E-state index < -0.39 is 23.5 Å². The van der Waals surface area contributed by atoms with Gasteiger partial charge >= 0.3 is 12.1 Å². The molecule has 6 heteroatoms. The predicted octanol–water partition coefficient (Wildman–Crippen LogP) is 5.75. The molecule has 1 aliphatic rings. The zero-order valence-electron chi connectivity index (χ0n) is 13.7. The maximum Gasteiger partial charge on any atom is 0.419 e. The van der Waals surface area contributed by atoms with Gasteiger partial charge in [0.15, 0.2) is 0 Å². The van der Waals surface area contributed by atoms with E-state index in [0.717, 1.165) is 24.8 Å². The fraction of sp³-hybridized carbons (Fsp3) is 0.611. The van der Waals surface area contributed by atoms with Gasteiger partial charge in [0.1, 0.15) is 11.6 Å². The zero-order chi connectivity index (χ0) is 17.7. The first-order valence-corrected chi connectivity index (χ1v) is 8.37. The second kappa shape index (κ2) is 7.99. The highest BCUT2D eigenvalue weighted by Crippen LogP contribution is 2.34. The average molecular weight is 346 g/mol. The minimum absolute atomic E-state index is 0.194. The molecule has 0 amide bonds. The number of carbonyl (C=O) groups excluding carboxylic acids is 1. The van der Waals surface area contributed by atoms with Crippen LogP contribution >= 0.6 is 0 Å². The Kier molecular flexibility index (Phi) is 6.24. The van der Waals surface area contributed by atoms with Crippen molar-refractivity contribution in [3.05, 3.63) is 29.6 Å². The lowest BCUT2D eigenvalue weighted by Crippen LogP contribution is -2.16. The molecular formula is C18H22F4O2. The van der Waals surface area contributed by atoms with Crippen LogP contribution in [-0.4, -0.2) is 5.97 Å². The van der Waals surface area contributed by atoms with Crippen molar-refractivity contribution in [1.29, 1.82) is 0 Å². The molecule has 1 aromatic rings. The van der Waals surface area contributed by atoms with Gasteiger partial charge in [-0.25, -0.2) is 4.39 Å². The molecule has 0 atom stereocenters. The van der Waals surface area contributed by atoms with Crippen molar-refractivity contribution in [2.75, 3.05) is 0 Å². The van der Waals surface area contributed by atoms with Crippen molar-refractivity contribution in [2.24, 2.45) is 11.8 Å². The Balaban J connectivity index is 1.81. The molecule has 1 aliphatic carbocycles. The Morgan fingerprint density at radius 2 is 1.79 bits per heavy atom. The largest absolute Gasteiger partial charge is 0.426 e. The molecule has 24 heavy (non-hydrogen) atoms. The number of rotatable bonds is 5. The van der Waals surface area contributed by atoms with Crippen LogP contribution in [0.15, 0.2) is 18.2 Å². The first-order chi connectivity index (χ1) is 11.3. The second-order valence-corrected chi connectivity index (χ2v) is 6.45. The van der Waals surface area contributed by atoms with Crippen LogP contribution in [0, 0.1) is 17.7 Å². The molecule has 0 saturated heterocycles. The molecule has 1 aromatic carbocycles. The summed E-state index contributed by atoms with van der Waals surface area (Å²) in [6.45, 7) is 2.19. The number of ether oxygens (including phenoxy) is 1. The van der Waals surface area contributed by atoms with Crippen LogP contribution in [0.3, 0.4) is 0 Å². The lowest BCUT2D eigenvalue weighted by atomic mass is 9.79. The molecule has 1 fully saturated rings. The van der Waals surface area contributed by atoms with Gasteiger partial charge in [-0.2, -0.15) is 13.2 Å². The van der Waals surface area contributed by atoms with Crippen LogP contribution in [0.5, 0.6) is 5.75 Å². The van der Waals surface area contributed by atoms with E-state index in [1.807, 2.05) is 0 Å². The molecule has 2 nitrogen and oxygen atoms in total. The van der Waals surface area contributed by atoms with Gasteiger partial charge in [-0.1, -0.05) is 39.0 Å². The third-order valence-corrected chi connectivity index (χ3v) is 4.78. The predicted molar refractivity (Wildman–Crippen MR) is 82.0 cm³/mol. The monoisotopic (exact) mass is 346 g/mol. The van der Waals surface area contributed by atoms with Crippen molar-refractivity contribution >= 4 is 5.97 Å². The van der Waals surface area contributed by atoms with Gasteiger partial charge in [-0.15, -0.1) is 0 Å². The van der Waals surface area contributed by atoms with E-state index >= 15 is 0 Å². The normalized spacial score (nSPS) is 21.5. The molecule has 134 valence electrons. The maximum atomic E-state index is 13.4. The number of hydrogen-bond acceptors (Lipinski definition) is 2. The lowest BCUT2D eigenvalue weighted by Gasteiger charge is -2.27. The molecule has 0 aromatic heterocycles. The van der Waals surface area contributed by atoms with Gasteiger partial charge in [0, 0.05) is 12.5 Å². The molecular weight excluding hydrogens is 324 g/mol. The van der Waals surface area contributed by atoms with Gasteiger partial charge in [0.2, 0.25) is 0 Å². The van der Waals surface area contributed by atoms with Crippen LogP contribution in [0.2, 0.25) is 0 Å². The highest BCUT2D eigenvalue weighted by molar-refractivity contribution is 5.72. The van der Waals surface area contributed by atoms with E-state index in [0.29, 0.717) is 24.5 Å². The van der Waals surface area contributed by atoms with E-state index in [9.17, 15) is 22.4 Å². The molecule has 2 rings (SSSR count). The zero-order valence-corrected chi connectivity index (χ0v) is 13.7. The van der Waals surface area contributed by atoms with Crippen LogP contribution in [0.1, 0.15) is 57.4 Å². The first kappa shape index (κ1) is 18.7. The molecule has 0 bridgehead atoms. The third kappa shape index (κ3) is 5.21. The number of benzene rings is 1. The van der Waals surface area contributed by atoms with E-state index in [-0.39, 0.29) is 12.2 Å². The number of carbonyl (C=O) groups is 1. The summed E-state index contributed by atoms with van der Waals surface area (Å²) in [7, 11) is 0. The minimum atomic E-state index is -4.76. The number of alkyl halides is 3. The van der Waals surface area contributed by atoms with Gasteiger partial charge in [-0.05, 0) is 30.4 Å². The SMILES string of the molecule is CC[C@H]1CC[C@H](CCC(=O)Oc2ccc(C(F)(F)F)c(F)c2)CC1. The Labute approximate surface area is 139 Å². The maximum absolute atomic E-state index is 13.4. The first-order valence-electron chi connectivity index (χ1n) is 8.37. The summed E-state index contributed by atoms with van der Waals surface area (Å²) in [6, 6.07) is 2.16. The van der Waals surface area contributed by atoms with Gasteiger partial charge in [0.05, 0.1) is 5.56 Å². The van der Waals surface area contributed by atoms with Gasteiger partial charge in [-0.3, -0.25) is 4.79 Å². The Hall–Kier alpha value is -1.59. The van der Waals surface area contributed by atoms with Gasteiger partial charge < -0.3 is 4.74 Å². The molecule has 0 N–H and O–H groups in total. The second-order valence-electron chi connectivity index (χ2n) is 6.45. The van der Waals surface area contributed by atoms with Crippen LogP contribution in [0.25, 0.3) is 0 Å². The topological polar surface area (TPSA) is 26.3 Å². The van der Waals surface area contributed by atoms with Crippen molar-refractivity contribution in [3.63, 3.8) is 0 Å². The Morgan fingerprint density at radius 1 is 1.17 bits per heavy atom. The number of hydrogen-bond donors (Lipinski definition) is 0. The summed E-state index contributed by atoms with van der Waals surface area (Å²) in [5, 5.41) is 0. The number of esters is 1. The Bertz CT molecular complexity index is 561. The average Bonchev–Trinajstić information content (AvgIpc) is 2.52. The summed E-state index contributed by atoms with van der Waals surface area (Å²) in [5.41, 5.74) is -1.37. The standard InChI is InChI=1S/C18H22F4O2/c1-2-12-3-5-13(6-4-12)7-10-17(23)24-14-8-9-15(16(19)11-14)18(20,21)22/h8-9,11-13H,2-7,10H2,1H3/t12-,13-. The number of halogens is 4. The summed E-state index contributed by atoms with van der Waals surface area (Å²) >= 11 is 0. The van der Waals surface area contributed by atoms with Crippen LogP contribution in [0.4, 0.5) is 17.6 Å². The molecule has 0 spiro atoms. The smallest absolute Gasteiger partial charge is 0.419 e. The fourth-order valence-corrected chi connectivity index (χ4v) is 3.22. The Morgan fingerprint density at radius 3 is 2.33 bits per heavy atom. The van der Waals surface area contributed by atoms with Crippen molar-refractivity contribution in [3.8, 4) is 5.75 Å². The van der Waals surface area contributed by atoms with E-state index in [2.05, 4.69) is 6.92 Å². The summed E-state index contributed by atoms with van der Waals surface area (Å²) in [5.74, 6) is -0.898. The summed E-state index contributed by atoms with van der Waals surface area (Å²) in [6.07, 6.45) is 1.89. The van der Waals surface area contributed by atoms with E-state index in [4.69, 9.17) is 4.74 Å². The highest BCUT2D eigenvalue weighted by atomic mass is 19.4. The minimum Gasteiger partial charge on any atom is -0.426 e. The molecule has 0 radical (unpaired) electrons. The quantitative estimate of drug-likeness (QED) is 0.386. The van der Waals surface area contributed by atoms with Crippen molar-refractivity contribution < 1.29 is 27.1 Å². The molecule has 0 aliphatic heterocycles. The summed E-state index contributed by atoms with van der Waals surface area (Å²) in [4.78, 5) is 11.8. The van der Waals surface area contributed by atoms with Crippen LogP contribution < -0.4 is 4.74 Å². The van der Waals surface area contributed by atoms with Gasteiger partial charge in [0.25, 0.3) is 0 Å². The molecule has 0 unspecified atom stereocenters. The third-order valence-electron chi connectivity index (χ3n) is 4.78. The molecule has 1 saturated carbocycles. The van der Waals surface area contributed by atoms with Crippen LogP contribution in [-0.2, 0) is 11.0 Å².